The van der Waals surface area contributed by atoms with Crippen molar-refractivity contribution in [2.75, 3.05) is 13.3 Å². The SMILES string of the molecule is CN/C=C\C(=N)NC(=O)c1cc(Oc2ccc(S(C)(=O)=O)cc2)c2occc2c1. The smallest absolute Gasteiger partial charge is 0.256 e. The van der Waals surface area contributed by atoms with Crippen molar-refractivity contribution in [2.45, 2.75) is 4.90 Å². The summed E-state index contributed by atoms with van der Waals surface area (Å²) in [6, 6.07) is 10.7. The number of hydrogen-bond donors (Lipinski definition) is 3. The summed E-state index contributed by atoms with van der Waals surface area (Å²) in [4.78, 5) is 12.7. The molecule has 0 fully saturated rings. The van der Waals surface area contributed by atoms with Crippen LogP contribution in [0.4, 0.5) is 0 Å². The predicted octanol–water partition coefficient (Wildman–Crippen LogP) is 3.07. The first-order chi connectivity index (χ1) is 13.8. The Morgan fingerprint density at radius 1 is 1.17 bits per heavy atom. The Bertz CT molecular complexity index is 1190. The van der Waals surface area contributed by atoms with E-state index in [1.165, 1.54) is 48.9 Å². The Labute approximate surface area is 167 Å². The Hall–Kier alpha value is -3.59. The van der Waals surface area contributed by atoms with Gasteiger partial charge in [-0.15, -0.1) is 0 Å². The van der Waals surface area contributed by atoms with E-state index >= 15 is 0 Å². The van der Waals surface area contributed by atoms with E-state index in [1.807, 2.05) is 0 Å². The van der Waals surface area contributed by atoms with E-state index in [4.69, 9.17) is 14.6 Å². The van der Waals surface area contributed by atoms with E-state index in [9.17, 15) is 13.2 Å². The highest BCUT2D eigenvalue weighted by molar-refractivity contribution is 7.90. The van der Waals surface area contributed by atoms with Gasteiger partial charge in [0.15, 0.2) is 21.2 Å². The lowest BCUT2D eigenvalue weighted by atomic mass is 10.1. The highest BCUT2D eigenvalue weighted by atomic mass is 32.2. The quantitative estimate of drug-likeness (QED) is 0.422. The van der Waals surface area contributed by atoms with Crippen LogP contribution in [0.25, 0.3) is 11.0 Å². The fourth-order valence-corrected chi connectivity index (χ4v) is 3.17. The monoisotopic (exact) mass is 413 g/mol. The first-order valence-electron chi connectivity index (χ1n) is 8.51. The normalized spacial score (nSPS) is 11.5. The topological polar surface area (TPSA) is 121 Å². The van der Waals surface area contributed by atoms with Gasteiger partial charge in [-0.05, 0) is 54.7 Å². The number of rotatable bonds is 6. The van der Waals surface area contributed by atoms with Gasteiger partial charge in [0.25, 0.3) is 5.91 Å². The van der Waals surface area contributed by atoms with Crippen LogP contribution in [0.15, 0.2) is 70.3 Å². The molecule has 0 aliphatic rings. The molecule has 29 heavy (non-hydrogen) atoms. The number of carbonyl (C=O) groups excluding carboxylic acids is 1. The van der Waals surface area contributed by atoms with E-state index in [1.54, 1.807) is 19.2 Å². The van der Waals surface area contributed by atoms with Crippen LogP contribution >= 0.6 is 0 Å². The summed E-state index contributed by atoms with van der Waals surface area (Å²) in [5, 5.41) is 13.6. The van der Waals surface area contributed by atoms with Crippen LogP contribution in [0.5, 0.6) is 11.5 Å². The minimum atomic E-state index is -3.31. The number of fused-ring (bicyclic) bond motifs is 1. The van der Waals surface area contributed by atoms with Crippen molar-refractivity contribution in [3.63, 3.8) is 0 Å². The van der Waals surface area contributed by atoms with Crippen LogP contribution in [0.3, 0.4) is 0 Å². The molecule has 150 valence electrons. The molecule has 1 heterocycles. The Morgan fingerprint density at radius 2 is 1.90 bits per heavy atom. The van der Waals surface area contributed by atoms with Crippen LogP contribution < -0.4 is 15.4 Å². The highest BCUT2D eigenvalue weighted by Gasteiger charge is 2.15. The van der Waals surface area contributed by atoms with Gasteiger partial charge in [0.1, 0.15) is 11.6 Å². The standard InChI is InChI=1S/C20H19N3O5S/c1-22-9-7-18(21)23-20(24)14-11-13-8-10-27-19(13)17(12-14)28-15-3-5-16(6-4-15)29(2,25)26/h3-12,22H,1-2H3,(H2,21,23,24)/b9-7-. The number of carbonyl (C=O) groups is 1. The molecule has 3 rings (SSSR count). The molecule has 0 atom stereocenters. The van der Waals surface area contributed by atoms with Crippen molar-refractivity contribution in [1.29, 1.82) is 5.41 Å². The van der Waals surface area contributed by atoms with Crippen LogP contribution in [-0.4, -0.2) is 33.5 Å². The van der Waals surface area contributed by atoms with Crippen molar-refractivity contribution in [3.05, 3.63) is 66.6 Å². The first kappa shape index (κ1) is 20.2. The fraction of sp³-hybridized carbons (Fsp3) is 0.100. The predicted molar refractivity (Wildman–Crippen MR) is 109 cm³/mol. The number of nitrogens with one attached hydrogen (secondary N) is 3. The van der Waals surface area contributed by atoms with E-state index in [0.717, 1.165) is 6.26 Å². The van der Waals surface area contributed by atoms with Gasteiger partial charge in [0.05, 0.1) is 11.2 Å². The molecule has 0 radical (unpaired) electrons. The average Bonchev–Trinajstić information content (AvgIpc) is 3.15. The molecular formula is C20H19N3O5S. The molecule has 0 bridgehead atoms. The summed E-state index contributed by atoms with van der Waals surface area (Å²) >= 11 is 0. The number of amidine groups is 1. The van der Waals surface area contributed by atoms with Gasteiger partial charge < -0.3 is 19.8 Å². The van der Waals surface area contributed by atoms with Crippen LogP contribution in [-0.2, 0) is 9.84 Å². The van der Waals surface area contributed by atoms with E-state index in [0.29, 0.717) is 22.5 Å². The molecular weight excluding hydrogens is 394 g/mol. The van der Waals surface area contributed by atoms with Crippen LogP contribution in [0.2, 0.25) is 0 Å². The van der Waals surface area contributed by atoms with E-state index in [-0.39, 0.29) is 16.3 Å². The molecule has 9 heteroatoms. The van der Waals surface area contributed by atoms with Gasteiger partial charge in [0, 0.05) is 24.3 Å². The maximum absolute atomic E-state index is 12.5. The molecule has 0 aliphatic heterocycles. The van der Waals surface area contributed by atoms with Crippen molar-refractivity contribution in [2.24, 2.45) is 0 Å². The second-order valence-corrected chi connectivity index (χ2v) is 8.16. The highest BCUT2D eigenvalue weighted by Crippen LogP contribution is 2.32. The zero-order valence-corrected chi connectivity index (χ0v) is 16.5. The summed E-state index contributed by atoms with van der Waals surface area (Å²) in [6.07, 6.45) is 5.54. The Kier molecular flexibility index (Phi) is 5.69. The van der Waals surface area contributed by atoms with E-state index < -0.39 is 15.7 Å². The van der Waals surface area contributed by atoms with Crippen molar-refractivity contribution in [1.82, 2.24) is 10.6 Å². The number of benzene rings is 2. The zero-order valence-electron chi connectivity index (χ0n) is 15.7. The number of amides is 1. The average molecular weight is 413 g/mol. The van der Waals surface area contributed by atoms with Gasteiger partial charge in [0.2, 0.25) is 0 Å². The molecule has 0 saturated heterocycles. The number of ether oxygens (including phenoxy) is 1. The molecule has 1 amide bonds. The first-order valence-corrected chi connectivity index (χ1v) is 10.4. The third kappa shape index (κ3) is 4.82. The zero-order chi connectivity index (χ0) is 21.0. The molecule has 3 N–H and O–H groups in total. The molecule has 3 aromatic rings. The maximum Gasteiger partial charge on any atom is 0.256 e. The van der Waals surface area contributed by atoms with Gasteiger partial charge in [-0.25, -0.2) is 8.42 Å². The Morgan fingerprint density at radius 3 is 2.55 bits per heavy atom. The van der Waals surface area contributed by atoms with Crippen molar-refractivity contribution >= 4 is 32.5 Å². The third-order valence-corrected chi connectivity index (χ3v) is 5.05. The van der Waals surface area contributed by atoms with Crippen LogP contribution in [0, 0.1) is 5.41 Å². The summed E-state index contributed by atoms with van der Waals surface area (Å²) in [5.74, 6) is 0.131. The van der Waals surface area contributed by atoms with E-state index in [2.05, 4.69) is 10.6 Å². The maximum atomic E-state index is 12.5. The second-order valence-electron chi connectivity index (χ2n) is 6.15. The van der Waals surface area contributed by atoms with Gasteiger partial charge in [-0.2, -0.15) is 0 Å². The molecule has 0 saturated carbocycles. The lowest BCUT2D eigenvalue weighted by molar-refractivity contribution is 0.0977. The largest absolute Gasteiger partial charge is 0.460 e. The minimum Gasteiger partial charge on any atom is -0.460 e. The summed E-state index contributed by atoms with van der Waals surface area (Å²) in [7, 11) is -1.63. The lowest BCUT2D eigenvalue weighted by Crippen LogP contribution is -2.28. The van der Waals surface area contributed by atoms with Gasteiger partial charge in [-0.1, -0.05) is 0 Å². The van der Waals surface area contributed by atoms with Crippen molar-refractivity contribution < 1.29 is 22.4 Å². The molecule has 8 nitrogen and oxygen atoms in total. The number of hydrogen-bond acceptors (Lipinski definition) is 7. The van der Waals surface area contributed by atoms with Gasteiger partial charge in [-0.3, -0.25) is 10.2 Å². The number of furan rings is 1. The second kappa shape index (κ2) is 8.19. The minimum absolute atomic E-state index is 0.0736. The molecule has 0 spiro atoms. The summed E-state index contributed by atoms with van der Waals surface area (Å²) in [5.41, 5.74) is 0.725. The molecule has 0 unspecified atom stereocenters. The molecule has 2 aromatic carbocycles. The summed E-state index contributed by atoms with van der Waals surface area (Å²) in [6.45, 7) is 0. The van der Waals surface area contributed by atoms with Gasteiger partial charge >= 0.3 is 0 Å². The number of sulfone groups is 1. The lowest BCUT2D eigenvalue weighted by Gasteiger charge is -2.10. The third-order valence-electron chi connectivity index (χ3n) is 3.92. The molecule has 1 aromatic heterocycles. The molecule has 0 aliphatic carbocycles. The fourth-order valence-electron chi connectivity index (χ4n) is 2.54. The van der Waals surface area contributed by atoms with Crippen molar-refractivity contribution in [3.8, 4) is 11.5 Å². The Balaban J connectivity index is 1.90. The summed E-state index contributed by atoms with van der Waals surface area (Å²) < 4.78 is 34.5. The van der Waals surface area contributed by atoms with Crippen LogP contribution in [0.1, 0.15) is 10.4 Å².